The van der Waals surface area contributed by atoms with E-state index in [1.165, 1.54) is 44.2 Å². The number of benzene rings is 7. The van der Waals surface area contributed by atoms with Gasteiger partial charge in [-0.25, -0.2) is 4.98 Å². The molecule has 0 amide bonds. The van der Waals surface area contributed by atoms with Crippen molar-refractivity contribution in [2.45, 2.75) is 5.41 Å². The molecule has 57 heavy (non-hydrogen) atoms. The van der Waals surface area contributed by atoms with Gasteiger partial charge in [0.1, 0.15) is 18.0 Å². The summed E-state index contributed by atoms with van der Waals surface area (Å²) in [6, 6.07) is 67.0. The molecule has 0 saturated heterocycles. The molecule has 4 nitrogen and oxygen atoms in total. The molecule has 0 radical (unpaired) electrons. The van der Waals surface area contributed by atoms with Gasteiger partial charge in [0.05, 0.1) is 5.41 Å². The number of rotatable bonds is 6. The molecule has 1 aliphatic rings. The fraction of sp³-hybridized carbons (Fsp3) is 0.0189. The highest BCUT2D eigenvalue weighted by atomic mass is 14.8. The third-order valence-corrected chi connectivity index (χ3v) is 11.3. The number of pyridine rings is 2. The lowest BCUT2D eigenvalue weighted by Crippen LogP contribution is -2.28. The Morgan fingerprint density at radius 3 is 1.68 bits per heavy atom. The van der Waals surface area contributed by atoms with Crippen molar-refractivity contribution in [3.05, 3.63) is 234 Å². The number of nitrogens with zero attached hydrogens (tertiary/aromatic N) is 4. The highest BCUT2D eigenvalue weighted by Gasteiger charge is 2.47. The van der Waals surface area contributed by atoms with E-state index in [-0.39, 0.29) is 0 Å². The quantitative estimate of drug-likeness (QED) is 0.160. The molecule has 0 saturated carbocycles. The normalized spacial score (nSPS) is 12.3. The van der Waals surface area contributed by atoms with Crippen LogP contribution in [0.3, 0.4) is 0 Å². The van der Waals surface area contributed by atoms with Gasteiger partial charge in [0.15, 0.2) is 0 Å². The maximum absolute atomic E-state index is 9.54. The predicted molar refractivity (Wildman–Crippen MR) is 230 cm³/mol. The summed E-state index contributed by atoms with van der Waals surface area (Å²) in [6.07, 6.45) is 3.40. The zero-order chi connectivity index (χ0) is 38.3. The molecule has 0 unspecified atom stereocenters. The van der Waals surface area contributed by atoms with Gasteiger partial charge in [-0.15, -0.1) is 4.98 Å². The zero-order valence-electron chi connectivity index (χ0n) is 30.8. The van der Waals surface area contributed by atoms with Crippen molar-refractivity contribution in [1.29, 1.82) is 5.26 Å². The molecule has 0 aliphatic heterocycles. The van der Waals surface area contributed by atoms with Crippen LogP contribution < -0.4 is 0 Å². The van der Waals surface area contributed by atoms with Crippen molar-refractivity contribution in [2.75, 3.05) is 0 Å². The van der Waals surface area contributed by atoms with E-state index in [1.807, 2.05) is 24.3 Å². The van der Waals surface area contributed by atoms with Crippen LogP contribution in [0.2, 0.25) is 0 Å². The molecule has 7 aromatic carbocycles. The van der Waals surface area contributed by atoms with Crippen LogP contribution in [-0.2, 0) is 5.41 Å². The van der Waals surface area contributed by atoms with Gasteiger partial charge in [-0.1, -0.05) is 140 Å². The topological polar surface area (TPSA) is 53.9 Å². The van der Waals surface area contributed by atoms with Crippen LogP contribution in [0.5, 0.6) is 0 Å². The van der Waals surface area contributed by atoms with Crippen molar-refractivity contribution < 1.29 is 0 Å². The van der Waals surface area contributed by atoms with Gasteiger partial charge in [0.2, 0.25) is 0 Å². The Balaban J connectivity index is 1.25. The standard InChI is InChI=1S/C53H32N4/c1-55-51-32-40(25-27-57-51)37-14-11-15-41(29-37)48-33-50-52(46-21-9-8-20-45(46)48)47-23-22-38(35-12-10-13-36(28-35)39-24-26-56-44(30-39)34-54)31-49(47)53(50,42-16-4-2-5-17-42)43-18-6-3-7-19-43/h2-33H. The monoisotopic (exact) mass is 724 g/mol. The van der Waals surface area contributed by atoms with Crippen LogP contribution in [0.15, 0.2) is 194 Å². The van der Waals surface area contributed by atoms with Gasteiger partial charge in [-0.3, -0.25) is 0 Å². The van der Waals surface area contributed by atoms with Gasteiger partial charge in [0, 0.05) is 6.20 Å². The van der Waals surface area contributed by atoms with Crippen molar-refractivity contribution in [3.8, 4) is 61.7 Å². The molecular formula is C53H32N4. The Kier molecular flexibility index (Phi) is 8.11. The van der Waals surface area contributed by atoms with Gasteiger partial charge in [0.25, 0.3) is 5.82 Å². The van der Waals surface area contributed by atoms with Gasteiger partial charge >= 0.3 is 0 Å². The maximum Gasteiger partial charge on any atom is 0.270 e. The number of nitriles is 1. The van der Waals surface area contributed by atoms with Crippen molar-refractivity contribution >= 4 is 16.6 Å². The van der Waals surface area contributed by atoms with E-state index in [2.05, 4.69) is 179 Å². The smallest absolute Gasteiger partial charge is 0.270 e. The molecule has 10 rings (SSSR count). The first-order chi connectivity index (χ1) is 28.1. The average Bonchev–Trinajstić information content (AvgIpc) is 3.60. The highest BCUT2D eigenvalue weighted by Crippen LogP contribution is 2.59. The molecule has 264 valence electrons. The number of fused-ring (bicyclic) bond motifs is 5. The molecular weight excluding hydrogens is 693 g/mol. The first-order valence-electron chi connectivity index (χ1n) is 18.9. The van der Waals surface area contributed by atoms with E-state index in [4.69, 9.17) is 6.57 Å². The summed E-state index contributed by atoms with van der Waals surface area (Å²) >= 11 is 0. The summed E-state index contributed by atoms with van der Waals surface area (Å²) in [5.74, 6) is 0.380. The van der Waals surface area contributed by atoms with E-state index >= 15 is 0 Å². The van der Waals surface area contributed by atoms with E-state index in [0.29, 0.717) is 11.5 Å². The minimum Gasteiger partial charge on any atom is -0.361 e. The minimum atomic E-state index is -0.639. The molecule has 0 fully saturated rings. The molecule has 4 heteroatoms. The van der Waals surface area contributed by atoms with Crippen molar-refractivity contribution in [3.63, 3.8) is 0 Å². The zero-order valence-corrected chi connectivity index (χ0v) is 30.8. The molecule has 9 aromatic rings. The second-order valence-corrected chi connectivity index (χ2v) is 14.4. The number of hydrogen-bond donors (Lipinski definition) is 0. The fourth-order valence-corrected chi connectivity index (χ4v) is 8.84. The highest BCUT2D eigenvalue weighted by molar-refractivity contribution is 6.10. The first-order valence-corrected chi connectivity index (χ1v) is 18.9. The first kappa shape index (κ1) is 33.6. The summed E-state index contributed by atoms with van der Waals surface area (Å²) in [4.78, 5) is 12.0. The largest absolute Gasteiger partial charge is 0.361 e. The van der Waals surface area contributed by atoms with Crippen LogP contribution in [0.25, 0.3) is 71.3 Å². The molecule has 0 bridgehead atoms. The van der Waals surface area contributed by atoms with Gasteiger partial charge < -0.3 is 4.85 Å². The van der Waals surface area contributed by atoms with Crippen LogP contribution >= 0.6 is 0 Å². The number of hydrogen-bond acceptors (Lipinski definition) is 3. The van der Waals surface area contributed by atoms with Crippen molar-refractivity contribution in [1.82, 2.24) is 9.97 Å². The average molecular weight is 725 g/mol. The van der Waals surface area contributed by atoms with E-state index in [9.17, 15) is 5.26 Å². The van der Waals surface area contributed by atoms with Crippen LogP contribution in [0.1, 0.15) is 27.9 Å². The lowest BCUT2D eigenvalue weighted by Gasteiger charge is -2.34. The number of aromatic nitrogens is 2. The van der Waals surface area contributed by atoms with Gasteiger partial charge in [-0.2, -0.15) is 5.26 Å². The molecule has 2 aromatic heterocycles. The third kappa shape index (κ3) is 5.51. The molecule has 0 N–H and O–H groups in total. The van der Waals surface area contributed by atoms with Crippen LogP contribution in [0, 0.1) is 17.9 Å². The SMILES string of the molecule is [C-]#[N+]c1cc(-c2cccc(-c3cc4c(c5ccccc35)-c3ccc(-c5cccc(-c6ccnc(C#N)c6)c5)cc3C4(c3ccccc3)c3ccccc3)c2)ccn1. The van der Waals surface area contributed by atoms with Gasteiger partial charge in [-0.05, 0) is 137 Å². The van der Waals surface area contributed by atoms with Crippen molar-refractivity contribution in [2.24, 2.45) is 0 Å². The molecule has 0 atom stereocenters. The second-order valence-electron chi connectivity index (χ2n) is 14.4. The fourth-order valence-electron chi connectivity index (χ4n) is 8.84. The van der Waals surface area contributed by atoms with E-state index < -0.39 is 5.41 Å². The molecule has 2 heterocycles. The molecule has 1 aliphatic carbocycles. The van der Waals surface area contributed by atoms with E-state index in [1.54, 1.807) is 12.4 Å². The Bertz CT molecular complexity index is 3060. The second kappa shape index (κ2) is 13.7. The summed E-state index contributed by atoms with van der Waals surface area (Å²) < 4.78 is 0. The molecule has 0 spiro atoms. The summed E-state index contributed by atoms with van der Waals surface area (Å²) in [5.41, 5.74) is 15.5. The predicted octanol–water partition coefficient (Wildman–Crippen LogP) is 13.1. The summed E-state index contributed by atoms with van der Waals surface area (Å²) in [6.45, 7) is 7.55. The minimum absolute atomic E-state index is 0.380. The van der Waals surface area contributed by atoms with E-state index in [0.717, 1.165) is 44.5 Å². The van der Waals surface area contributed by atoms with Crippen LogP contribution in [0.4, 0.5) is 5.82 Å². The Hall–Kier alpha value is -7.92. The lowest BCUT2D eigenvalue weighted by molar-refractivity contribution is 0.769. The Morgan fingerprint density at radius 2 is 1.02 bits per heavy atom. The Morgan fingerprint density at radius 1 is 0.456 bits per heavy atom. The van der Waals surface area contributed by atoms with Crippen LogP contribution in [-0.4, -0.2) is 9.97 Å². The third-order valence-electron chi connectivity index (χ3n) is 11.3. The lowest BCUT2D eigenvalue weighted by atomic mass is 9.67. The summed E-state index contributed by atoms with van der Waals surface area (Å²) in [7, 11) is 0. The Labute approximate surface area is 331 Å². The summed E-state index contributed by atoms with van der Waals surface area (Å²) in [5, 5.41) is 11.9. The maximum atomic E-state index is 9.54.